The fourth-order valence-corrected chi connectivity index (χ4v) is 2.64. The van der Waals surface area contributed by atoms with Crippen LogP contribution in [-0.2, 0) is 4.74 Å². The Balaban J connectivity index is 1.86. The van der Waals surface area contributed by atoms with Crippen molar-refractivity contribution in [2.45, 2.75) is 51.7 Å². The zero-order valence-corrected chi connectivity index (χ0v) is 12.3. The van der Waals surface area contributed by atoms with Gasteiger partial charge in [0.05, 0.1) is 17.8 Å². The van der Waals surface area contributed by atoms with Crippen molar-refractivity contribution < 1.29 is 4.74 Å². The number of anilines is 1. The molecule has 0 radical (unpaired) electrons. The van der Waals surface area contributed by atoms with E-state index in [1.54, 1.807) is 6.20 Å². The standard InChI is InChI=1S/C15H22N4O/c1-10(2)12-9-13-15(16-6-7-19(13)18-12)17-11(3)14-5-4-8-20-14/h6-7,9-11,14H,4-5,8H2,1-3H3,(H,16,17). The van der Waals surface area contributed by atoms with E-state index in [1.165, 1.54) is 0 Å². The van der Waals surface area contributed by atoms with Crippen LogP contribution in [0.3, 0.4) is 0 Å². The molecule has 1 aliphatic heterocycles. The first-order valence-corrected chi connectivity index (χ1v) is 7.37. The highest BCUT2D eigenvalue weighted by atomic mass is 16.5. The molecule has 0 spiro atoms. The van der Waals surface area contributed by atoms with Gasteiger partial charge in [-0.25, -0.2) is 9.50 Å². The smallest absolute Gasteiger partial charge is 0.152 e. The van der Waals surface area contributed by atoms with Crippen LogP contribution in [0.4, 0.5) is 5.82 Å². The Morgan fingerprint density at radius 1 is 1.40 bits per heavy atom. The molecule has 3 heterocycles. The van der Waals surface area contributed by atoms with Crippen LogP contribution >= 0.6 is 0 Å². The fraction of sp³-hybridized carbons (Fsp3) is 0.600. The van der Waals surface area contributed by atoms with Crippen molar-refractivity contribution in [3.05, 3.63) is 24.2 Å². The second kappa shape index (κ2) is 5.40. The van der Waals surface area contributed by atoms with Crippen LogP contribution in [0.1, 0.15) is 45.2 Å². The third kappa shape index (κ3) is 2.50. The molecule has 1 saturated heterocycles. The van der Waals surface area contributed by atoms with Crippen molar-refractivity contribution in [1.29, 1.82) is 0 Å². The minimum absolute atomic E-state index is 0.258. The van der Waals surface area contributed by atoms with E-state index in [0.29, 0.717) is 5.92 Å². The van der Waals surface area contributed by atoms with Crippen LogP contribution in [0.5, 0.6) is 0 Å². The number of hydrogen-bond donors (Lipinski definition) is 1. The molecule has 3 rings (SSSR count). The maximum atomic E-state index is 5.73. The summed E-state index contributed by atoms with van der Waals surface area (Å²) in [4.78, 5) is 4.46. The molecule has 2 aromatic heterocycles. The number of rotatable bonds is 4. The molecule has 2 unspecified atom stereocenters. The predicted molar refractivity (Wildman–Crippen MR) is 79.1 cm³/mol. The van der Waals surface area contributed by atoms with Gasteiger partial charge in [-0.1, -0.05) is 13.8 Å². The van der Waals surface area contributed by atoms with Gasteiger partial charge in [-0.15, -0.1) is 0 Å². The van der Waals surface area contributed by atoms with Gasteiger partial charge in [0.25, 0.3) is 0 Å². The second-order valence-corrected chi connectivity index (χ2v) is 5.81. The molecule has 1 fully saturated rings. The minimum atomic E-state index is 0.258. The Morgan fingerprint density at radius 3 is 2.95 bits per heavy atom. The van der Waals surface area contributed by atoms with Crippen molar-refractivity contribution in [1.82, 2.24) is 14.6 Å². The second-order valence-electron chi connectivity index (χ2n) is 5.81. The topological polar surface area (TPSA) is 51.5 Å². The van der Waals surface area contributed by atoms with Crippen LogP contribution in [0.15, 0.2) is 18.5 Å². The van der Waals surface area contributed by atoms with Gasteiger partial charge in [-0.05, 0) is 31.7 Å². The molecule has 0 bridgehead atoms. The first-order valence-electron chi connectivity index (χ1n) is 7.37. The fourth-order valence-electron chi connectivity index (χ4n) is 2.64. The highest BCUT2D eigenvalue weighted by molar-refractivity contribution is 5.68. The van der Waals surface area contributed by atoms with Crippen molar-refractivity contribution in [3.63, 3.8) is 0 Å². The van der Waals surface area contributed by atoms with Gasteiger partial charge in [-0.2, -0.15) is 5.10 Å². The summed E-state index contributed by atoms with van der Waals surface area (Å²) in [5.41, 5.74) is 2.12. The van der Waals surface area contributed by atoms with Crippen LogP contribution in [0.25, 0.3) is 5.52 Å². The summed E-state index contributed by atoms with van der Waals surface area (Å²) in [5.74, 6) is 1.30. The van der Waals surface area contributed by atoms with Crippen molar-refractivity contribution >= 4 is 11.3 Å². The van der Waals surface area contributed by atoms with Gasteiger partial charge in [0.1, 0.15) is 5.52 Å². The molecule has 5 nitrogen and oxygen atoms in total. The first kappa shape index (κ1) is 13.4. The quantitative estimate of drug-likeness (QED) is 0.931. The van der Waals surface area contributed by atoms with E-state index in [2.05, 4.69) is 42.2 Å². The maximum Gasteiger partial charge on any atom is 0.152 e. The number of aromatic nitrogens is 3. The number of fused-ring (bicyclic) bond motifs is 1. The first-order chi connectivity index (χ1) is 9.65. The van der Waals surface area contributed by atoms with E-state index in [9.17, 15) is 0 Å². The summed E-state index contributed by atoms with van der Waals surface area (Å²) >= 11 is 0. The molecule has 20 heavy (non-hydrogen) atoms. The average molecular weight is 274 g/mol. The lowest BCUT2D eigenvalue weighted by Gasteiger charge is -2.20. The number of ether oxygens (including phenoxy) is 1. The molecular formula is C15H22N4O. The van der Waals surface area contributed by atoms with Crippen molar-refractivity contribution in [2.24, 2.45) is 0 Å². The number of hydrogen-bond acceptors (Lipinski definition) is 4. The summed E-state index contributed by atoms with van der Waals surface area (Å²) in [7, 11) is 0. The van der Waals surface area contributed by atoms with E-state index in [1.807, 2.05) is 10.7 Å². The molecule has 5 heteroatoms. The third-order valence-electron chi connectivity index (χ3n) is 3.89. The largest absolute Gasteiger partial charge is 0.376 e. The third-order valence-corrected chi connectivity index (χ3v) is 3.89. The molecule has 108 valence electrons. The Labute approximate surface area is 119 Å². The molecule has 2 aromatic rings. The maximum absolute atomic E-state index is 5.73. The van der Waals surface area contributed by atoms with Crippen LogP contribution in [-0.4, -0.2) is 33.4 Å². The Kier molecular flexibility index (Phi) is 3.61. The zero-order valence-electron chi connectivity index (χ0n) is 12.3. The highest BCUT2D eigenvalue weighted by Crippen LogP contribution is 2.23. The summed E-state index contributed by atoms with van der Waals surface area (Å²) < 4.78 is 7.63. The Morgan fingerprint density at radius 2 is 2.25 bits per heavy atom. The van der Waals surface area contributed by atoms with Gasteiger partial charge in [0.2, 0.25) is 0 Å². The lowest BCUT2D eigenvalue weighted by atomic mass is 10.1. The minimum Gasteiger partial charge on any atom is -0.376 e. The summed E-state index contributed by atoms with van der Waals surface area (Å²) in [6, 6.07) is 2.37. The zero-order chi connectivity index (χ0) is 14.1. The number of nitrogens with one attached hydrogen (secondary N) is 1. The molecule has 1 N–H and O–H groups in total. The normalized spacial score (nSPS) is 20.7. The SMILES string of the molecule is CC(C)c1cc2c(NC(C)C3CCCO3)nccn2n1. The van der Waals surface area contributed by atoms with Gasteiger partial charge < -0.3 is 10.1 Å². The molecule has 0 saturated carbocycles. The Bertz CT molecular complexity index is 587. The predicted octanol–water partition coefficient (Wildman–Crippen LogP) is 2.83. The van der Waals surface area contributed by atoms with Crippen LogP contribution in [0, 0.1) is 0 Å². The number of nitrogens with zero attached hydrogens (tertiary/aromatic N) is 3. The summed E-state index contributed by atoms with van der Waals surface area (Å²) in [6.45, 7) is 7.33. The summed E-state index contributed by atoms with van der Waals surface area (Å²) in [5, 5.41) is 8.07. The molecule has 0 amide bonds. The van der Waals surface area contributed by atoms with Gasteiger partial charge in [0.15, 0.2) is 5.82 Å². The van der Waals surface area contributed by atoms with E-state index >= 15 is 0 Å². The van der Waals surface area contributed by atoms with Crippen LogP contribution in [0.2, 0.25) is 0 Å². The van der Waals surface area contributed by atoms with E-state index < -0.39 is 0 Å². The van der Waals surface area contributed by atoms with Gasteiger partial charge >= 0.3 is 0 Å². The molecule has 0 aromatic carbocycles. The van der Waals surface area contributed by atoms with Crippen molar-refractivity contribution in [3.8, 4) is 0 Å². The molecular weight excluding hydrogens is 252 g/mol. The van der Waals surface area contributed by atoms with E-state index in [-0.39, 0.29) is 12.1 Å². The van der Waals surface area contributed by atoms with E-state index in [4.69, 9.17) is 4.74 Å². The monoisotopic (exact) mass is 274 g/mol. The van der Waals surface area contributed by atoms with Gasteiger partial charge in [-0.3, -0.25) is 0 Å². The van der Waals surface area contributed by atoms with Gasteiger partial charge in [0, 0.05) is 19.0 Å². The lowest BCUT2D eigenvalue weighted by Crippen LogP contribution is -2.30. The highest BCUT2D eigenvalue weighted by Gasteiger charge is 2.23. The Hall–Kier alpha value is -1.62. The molecule has 2 atom stereocenters. The van der Waals surface area contributed by atoms with Crippen molar-refractivity contribution in [2.75, 3.05) is 11.9 Å². The van der Waals surface area contributed by atoms with E-state index in [0.717, 1.165) is 36.5 Å². The average Bonchev–Trinajstić information content (AvgIpc) is 3.08. The molecule has 0 aliphatic carbocycles. The molecule has 1 aliphatic rings. The van der Waals surface area contributed by atoms with Crippen LogP contribution < -0.4 is 5.32 Å². The lowest BCUT2D eigenvalue weighted by molar-refractivity contribution is 0.0996. The summed E-state index contributed by atoms with van der Waals surface area (Å²) in [6.07, 6.45) is 6.23.